The quantitative estimate of drug-likeness (QED) is 0.406. The summed E-state index contributed by atoms with van der Waals surface area (Å²) in [4.78, 5) is 12.1. The summed E-state index contributed by atoms with van der Waals surface area (Å²) >= 11 is 0. The maximum atomic E-state index is 12.6. The van der Waals surface area contributed by atoms with Gasteiger partial charge in [-0.05, 0) is 28.8 Å². The van der Waals surface area contributed by atoms with Crippen LogP contribution in [0.4, 0.5) is 30.8 Å². The molecule has 11 heteroatoms. The molecule has 1 aromatic heterocycles. The highest BCUT2D eigenvalue weighted by atomic mass is 19.4. The van der Waals surface area contributed by atoms with Crippen LogP contribution in [0.3, 0.4) is 0 Å². The van der Waals surface area contributed by atoms with Gasteiger partial charge in [0.2, 0.25) is 11.9 Å². The average molecular weight is 433 g/mol. The summed E-state index contributed by atoms with van der Waals surface area (Å²) in [6, 6.07) is 14.2. The lowest BCUT2D eigenvalue weighted by Gasteiger charge is -2.12. The number of anilines is 3. The van der Waals surface area contributed by atoms with Gasteiger partial charge in [0.1, 0.15) is 0 Å². The minimum atomic E-state index is -4.52. The van der Waals surface area contributed by atoms with E-state index in [1.807, 2.05) is 36.4 Å². The molecule has 0 unspecified atom stereocenters. The monoisotopic (exact) mass is 433 g/mol. The number of ether oxygens (including phenoxy) is 1. The lowest BCUT2D eigenvalue weighted by atomic mass is 10.1. The van der Waals surface area contributed by atoms with Gasteiger partial charge in [-0.3, -0.25) is 0 Å². The summed E-state index contributed by atoms with van der Waals surface area (Å²) < 4.78 is 42.4. The fraction of sp³-hybridized carbons (Fsp3) is 0.250. The largest absolute Gasteiger partial charge is 0.454 e. The summed E-state index contributed by atoms with van der Waals surface area (Å²) in [5.74, 6) is 0.0947. The van der Waals surface area contributed by atoms with Crippen molar-refractivity contribution in [3.63, 3.8) is 0 Å². The molecule has 0 aliphatic rings. The molecular formula is C20H22F3N7O. The van der Waals surface area contributed by atoms with Gasteiger partial charge >= 0.3 is 12.2 Å². The summed E-state index contributed by atoms with van der Waals surface area (Å²) in [7, 11) is 0. The molecule has 1 heterocycles. The number of rotatable bonds is 9. The first-order valence-corrected chi connectivity index (χ1v) is 9.38. The molecule has 31 heavy (non-hydrogen) atoms. The number of nitrogens with zero attached hydrogens (tertiary/aromatic N) is 3. The minimum absolute atomic E-state index is 0.0332. The fourth-order valence-corrected chi connectivity index (χ4v) is 2.60. The zero-order valence-electron chi connectivity index (χ0n) is 16.5. The highest BCUT2D eigenvalue weighted by molar-refractivity contribution is 5.55. The minimum Gasteiger partial charge on any atom is -0.454 e. The second kappa shape index (κ2) is 10.0. The van der Waals surface area contributed by atoms with E-state index in [-0.39, 0.29) is 11.9 Å². The first-order valence-electron chi connectivity index (χ1n) is 9.38. The Kier molecular flexibility index (Phi) is 7.21. The molecule has 0 saturated carbocycles. The van der Waals surface area contributed by atoms with Crippen LogP contribution in [0.15, 0.2) is 48.5 Å². The average Bonchev–Trinajstić information content (AvgIpc) is 2.76. The second-order valence-corrected chi connectivity index (χ2v) is 6.57. The van der Waals surface area contributed by atoms with Gasteiger partial charge in [-0.25, -0.2) is 0 Å². The van der Waals surface area contributed by atoms with Gasteiger partial charge in [0.05, 0.1) is 0 Å². The summed E-state index contributed by atoms with van der Waals surface area (Å²) in [6.07, 6.45) is -4.52. The van der Waals surface area contributed by atoms with Crippen molar-refractivity contribution in [1.29, 1.82) is 0 Å². The molecule has 3 rings (SSSR count). The topological polar surface area (TPSA) is 124 Å². The molecule has 0 amide bonds. The zero-order valence-corrected chi connectivity index (χ0v) is 16.5. The number of hydrogen-bond donors (Lipinski definition) is 4. The van der Waals surface area contributed by atoms with Crippen molar-refractivity contribution in [3.8, 4) is 6.01 Å². The van der Waals surface area contributed by atoms with E-state index in [1.54, 1.807) is 12.1 Å². The Hall–Kier alpha value is -3.44. The van der Waals surface area contributed by atoms with E-state index >= 15 is 0 Å². The number of aromatic nitrogens is 3. The predicted molar refractivity (Wildman–Crippen MR) is 111 cm³/mol. The van der Waals surface area contributed by atoms with Crippen molar-refractivity contribution in [2.75, 3.05) is 17.2 Å². The number of alkyl halides is 3. The molecule has 6 N–H and O–H groups in total. The normalized spacial score (nSPS) is 11.3. The van der Waals surface area contributed by atoms with Gasteiger partial charge in [-0.2, -0.15) is 28.1 Å². The van der Waals surface area contributed by atoms with Gasteiger partial charge in [-0.15, -0.1) is 0 Å². The molecule has 0 aliphatic carbocycles. The summed E-state index contributed by atoms with van der Waals surface area (Å²) in [5, 5.41) is 5.90. The first kappa shape index (κ1) is 22.2. The molecule has 0 spiro atoms. The highest BCUT2D eigenvalue weighted by Crippen LogP contribution is 2.20. The van der Waals surface area contributed by atoms with Crippen LogP contribution < -0.4 is 26.8 Å². The highest BCUT2D eigenvalue weighted by Gasteiger charge is 2.29. The van der Waals surface area contributed by atoms with Crippen molar-refractivity contribution in [1.82, 2.24) is 15.0 Å². The molecule has 0 bridgehead atoms. The van der Waals surface area contributed by atoms with E-state index in [0.29, 0.717) is 25.3 Å². The third kappa shape index (κ3) is 7.08. The number of hydrogen-bond acceptors (Lipinski definition) is 8. The van der Waals surface area contributed by atoms with Gasteiger partial charge in [-0.1, -0.05) is 36.4 Å². The summed E-state index contributed by atoms with van der Waals surface area (Å²) in [5.41, 5.74) is 14.7. The van der Waals surface area contributed by atoms with E-state index in [0.717, 1.165) is 16.7 Å². The maximum Gasteiger partial charge on any atom is 0.422 e. The van der Waals surface area contributed by atoms with Crippen LogP contribution in [0.1, 0.15) is 16.7 Å². The Morgan fingerprint density at radius 3 is 2.19 bits per heavy atom. The molecule has 0 radical (unpaired) electrons. The molecule has 0 saturated heterocycles. The maximum absolute atomic E-state index is 12.6. The van der Waals surface area contributed by atoms with E-state index < -0.39 is 18.8 Å². The Labute approximate surface area is 176 Å². The van der Waals surface area contributed by atoms with Crippen molar-refractivity contribution in [2.24, 2.45) is 11.5 Å². The van der Waals surface area contributed by atoms with Crippen LogP contribution in [-0.2, 0) is 19.6 Å². The molecule has 0 fully saturated rings. The van der Waals surface area contributed by atoms with E-state index in [9.17, 15) is 13.2 Å². The van der Waals surface area contributed by atoms with Gasteiger partial charge in [0.25, 0.3) is 0 Å². The van der Waals surface area contributed by atoms with E-state index in [2.05, 4.69) is 25.6 Å². The third-order valence-corrected chi connectivity index (χ3v) is 4.10. The van der Waals surface area contributed by atoms with Crippen LogP contribution in [0.2, 0.25) is 0 Å². The van der Waals surface area contributed by atoms with Crippen LogP contribution >= 0.6 is 0 Å². The SMILES string of the molecule is NCc1ccc(Nc2nc(NCc3cccc(CN)c3)nc(OCC(F)(F)F)n2)cc1. The summed E-state index contributed by atoms with van der Waals surface area (Å²) in [6.45, 7) is -0.395. The van der Waals surface area contributed by atoms with Crippen LogP contribution in [0, 0.1) is 0 Å². The molecule has 0 atom stereocenters. The lowest BCUT2D eigenvalue weighted by molar-refractivity contribution is -0.154. The van der Waals surface area contributed by atoms with Gasteiger partial charge < -0.3 is 26.8 Å². The predicted octanol–water partition coefficient (Wildman–Crippen LogP) is 3.09. The third-order valence-electron chi connectivity index (χ3n) is 4.10. The van der Waals surface area contributed by atoms with Crippen molar-refractivity contribution in [3.05, 3.63) is 65.2 Å². The molecule has 2 aromatic carbocycles. The molecule has 0 aliphatic heterocycles. The Morgan fingerprint density at radius 1 is 0.839 bits per heavy atom. The molecule has 8 nitrogen and oxygen atoms in total. The molecule has 164 valence electrons. The smallest absolute Gasteiger partial charge is 0.422 e. The lowest BCUT2D eigenvalue weighted by Crippen LogP contribution is -2.21. The Bertz CT molecular complexity index is 997. The zero-order chi connectivity index (χ0) is 22.3. The molecule has 3 aromatic rings. The standard InChI is InChI=1S/C20H22F3N7O/c21-20(22,23)12-31-19-29-17(26-11-15-3-1-2-14(8-15)10-25)28-18(30-19)27-16-6-4-13(9-24)5-7-16/h1-8H,9-12,24-25H2,(H2,26,27,28,29,30). The fourth-order valence-electron chi connectivity index (χ4n) is 2.60. The van der Waals surface area contributed by atoms with Crippen molar-refractivity contribution < 1.29 is 17.9 Å². The number of nitrogens with one attached hydrogen (secondary N) is 2. The first-order chi connectivity index (χ1) is 14.8. The van der Waals surface area contributed by atoms with E-state index in [4.69, 9.17) is 16.2 Å². The van der Waals surface area contributed by atoms with E-state index in [1.165, 1.54) is 0 Å². The van der Waals surface area contributed by atoms with Crippen LogP contribution in [0.25, 0.3) is 0 Å². The van der Waals surface area contributed by atoms with Gasteiger partial charge in [0.15, 0.2) is 6.61 Å². The number of nitrogens with two attached hydrogens (primary N) is 2. The van der Waals surface area contributed by atoms with Crippen LogP contribution in [0.5, 0.6) is 6.01 Å². The van der Waals surface area contributed by atoms with Crippen molar-refractivity contribution in [2.45, 2.75) is 25.8 Å². The molecular weight excluding hydrogens is 411 g/mol. The Balaban J connectivity index is 1.79. The number of benzene rings is 2. The van der Waals surface area contributed by atoms with Crippen molar-refractivity contribution >= 4 is 17.6 Å². The number of halogens is 3. The van der Waals surface area contributed by atoms with Gasteiger partial charge in [0, 0.05) is 25.3 Å². The van der Waals surface area contributed by atoms with Crippen LogP contribution in [-0.4, -0.2) is 27.7 Å². The second-order valence-electron chi connectivity index (χ2n) is 6.57. The Morgan fingerprint density at radius 2 is 1.52 bits per heavy atom.